The molecule has 3 heterocycles. The number of nitrogens with one attached hydrogen (secondary N) is 1. The smallest absolute Gasteiger partial charge is 0.151 e. The van der Waals surface area contributed by atoms with E-state index < -0.39 is 0 Å². The fourth-order valence-electron chi connectivity index (χ4n) is 3.25. The van der Waals surface area contributed by atoms with Crippen molar-refractivity contribution in [2.45, 2.75) is 32.0 Å². The topological polar surface area (TPSA) is 49.7 Å². The number of nitrogens with zero attached hydrogens (tertiary/aromatic N) is 4. The largest absolute Gasteiger partial charge is 0.341 e. The van der Waals surface area contributed by atoms with Gasteiger partial charge in [-0.25, -0.2) is 9.37 Å². The number of hydrogen-bond acceptors (Lipinski definition) is 3. The summed E-state index contributed by atoms with van der Waals surface area (Å²) in [6.07, 6.45) is 6.14. The summed E-state index contributed by atoms with van der Waals surface area (Å²) >= 11 is 0. The van der Waals surface area contributed by atoms with Gasteiger partial charge in [0.25, 0.3) is 0 Å². The second kappa shape index (κ2) is 5.53. The summed E-state index contributed by atoms with van der Waals surface area (Å²) < 4.78 is 15.7. The molecule has 0 saturated carbocycles. The number of imidazole rings is 1. The number of fused-ring (bicyclic) bond motifs is 1. The molecule has 0 radical (unpaired) electrons. The highest BCUT2D eigenvalue weighted by atomic mass is 19.1. The minimum absolute atomic E-state index is 0.269. The van der Waals surface area contributed by atoms with Gasteiger partial charge in [-0.05, 0) is 37.6 Å². The summed E-state index contributed by atoms with van der Waals surface area (Å²) in [4.78, 5) is 10.0. The van der Waals surface area contributed by atoms with Crippen molar-refractivity contribution in [1.82, 2.24) is 24.6 Å². The van der Waals surface area contributed by atoms with Gasteiger partial charge in [-0.15, -0.1) is 0 Å². The standard InChI is InChI=1S/C16H18FN5/c17-13-5-1-6-14-16(13)20-15(19-14)11-21-8-2-4-12(21)10-22-9-3-7-18-22/h1,3,5-7,9,12H,2,4,8,10-11H2,(H,19,20). The van der Waals surface area contributed by atoms with Crippen LogP contribution in [0.5, 0.6) is 0 Å². The number of hydrogen-bond donors (Lipinski definition) is 1. The molecule has 1 aliphatic heterocycles. The molecular formula is C16H18FN5. The normalized spacial score (nSPS) is 19.2. The van der Waals surface area contributed by atoms with Crippen molar-refractivity contribution in [3.8, 4) is 0 Å². The van der Waals surface area contributed by atoms with Crippen molar-refractivity contribution < 1.29 is 4.39 Å². The van der Waals surface area contributed by atoms with Gasteiger partial charge in [-0.2, -0.15) is 5.10 Å². The van der Waals surface area contributed by atoms with Crippen molar-refractivity contribution in [2.24, 2.45) is 0 Å². The molecule has 0 spiro atoms. The van der Waals surface area contributed by atoms with Crippen LogP contribution in [-0.2, 0) is 13.1 Å². The first kappa shape index (κ1) is 13.5. The van der Waals surface area contributed by atoms with Crippen LogP contribution in [0, 0.1) is 5.82 Å². The summed E-state index contributed by atoms with van der Waals surface area (Å²) in [5, 5.41) is 4.28. The molecule has 4 rings (SSSR count). The lowest BCUT2D eigenvalue weighted by molar-refractivity contribution is 0.215. The monoisotopic (exact) mass is 299 g/mol. The van der Waals surface area contributed by atoms with E-state index in [1.807, 2.05) is 23.0 Å². The highest BCUT2D eigenvalue weighted by molar-refractivity contribution is 5.75. The molecule has 0 aliphatic carbocycles. The lowest BCUT2D eigenvalue weighted by atomic mass is 10.2. The van der Waals surface area contributed by atoms with Crippen LogP contribution in [0.25, 0.3) is 11.0 Å². The first-order valence-corrected chi connectivity index (χ1v) is 7.64. The van der Waals surface area contributed by atoms with Crippen LogP contribution < -0.4 is 0 Å². The van der Waals surface area contributed by atoms with Gasteiger partial charge in [0.05, 0.1) is 18.6 Å². The summed E-state index contributed by atoms with van der Waals surface area (Å²) in [5.41, 5.74) is 1.19. The molecule has 22 heavy (non-hydrogen) atoms. The van der Waals surface area contributed by atoms with Crippen molar-refractivity contribution in [1.29, 1.82) is 0 Å². The average molecular weight is 299 g/mol. The molecule has 114 valence electrons. The number of rotatable bonds is 4. The number of H-pyrrole nitrogens is 1. The third kappa shape index (κ3) is 2.50. The van der Waals surface area contributed by atoms with Gasteiger partial charge < -0.3 is 4.98 Å². The number of aromatic amines is 1. The molecule has 1 aliphatic rings. The summed E-state index contributed by atoms with van der Waals surface area (Å²) in [6.45, 7) is 2.66. The van der Waals surface area contributed by atoms with Crippen LogP contribution in [-0.4, -0.2) is 37.2 Å². The Morgan fingerprint density at radius 3 is 3.09 bits per heavy atom. The van der Waals surface area contributed by atoms with Crippen LogP contribution in [0.4, 0.5) is 4.39 Å². The Morgan fingerprint density at radius 1 is 1.32 bits per heavy atom. The molecule has 0 amide bonds. The number of para-hydroxylation sites is 1. The first-order valence-electron chi connectivity index (χ1n) is 7.64. The number of benzene rings is 1. The zero-order chi connectivity index (χ0) is 14.9. The Morgan fingerprint density at radius 2 is 2.27 bits per heavy atom. The fourth-order valence-corrected chi connectivity index (χ4v) is 3.25. The van der Waals surface area contributed by atoms with Crippen molar-refractivity contribution in [3.05, 3.63) is 48.3 Å². The van der Waals surface area contributed by atoms with Gasteiger partial charge in [0.1, 0.15) is 11.3 Å². The molecule has 1 unspecified atom stereocenters. The minimum Gasteiger partial charge on any atom is -0.341 e. The van der Waals surface area contributed by atoms with Gasteiger partial charge >= 0.3 is 0 Å². The molecule has 1 atom stereocenters. The van der Waals surface area contributed by atoms with Gasteiger partial charge in [-0.3, -0.25) is 9.58 Å². The lowest BCUT2D eigenvalue weighted by Crippen LogP contribution is -2.33. The molecule has 1 aromatic carbocycles. The second-order valence-corrected chi connectivity index (χ2v) is 5.81. The van der Waals surface area contributed by atoms with Crippen molar-refractivity contribution >= 4 is 11.0 Å². The third-order valence-electron chi connectivity index (χ3n) is 4.32. The van der Waals surface area contributed by atoms with Gasteiger partial charge in [0.15, 0.2) is 5.82 Å². The molecule has 1 saturated heterocycles. The van der Waals surface area contributed by atoms with E-state index in [2.05, 4.69) is 20.0 Å². The number of halogens is 1. The quantitative estimate of drug-likeness (QED) is 0.805. The highest BCUT2D eigenvalue weighted by Gasteiger charge is 2.26. The Bertz CT molecular complexity index is 764. The van der Waals surface area contributed by atoms with Crippen LogP contribution in [0.15, 0.2) is 36.7 Å². The molecule has 1 N–H and O–H groups in total. The fraction of sp³-hybridized carbons (Fsp3) is 0.375. The third-order valence-corrected chi connectivity index (χ3v) is 4.32. The molecular weight excluding hydrogens is 281 g/mol. The van der Waals surface area contributed by atoms with Gasteiger partial charge in [0, 0.05) is 18.4 Å². The van der Waals surface area contributed by atoms with Crippen LogP contribution in [0.2, 0.25) is 0 Å². The zero-order valence-electron chi connectivity index (χ0n) is 12.2. The maximum Gasteiger partial charge on any atom is 0.151 e. The second-order valence-electron chi connectivity index (χ2n) is 5.81. The summed E-state index contributed by atoms with van der Waals surface area (Å²) in [5.74, 6) is 0.557. The van der Waals surface area contributed by atoms with E-state index in [4.69, 9.17) is 0 Å². The van der Waals surface area contributed by atoms with E-state index in [1.165, 1.54) is 12.5 Å². The van der Waals surface area contributed by atoms with E-state index >= 15 is 0 Å². The predicted octanol–water partition coefficient (Wildman–Crippen LogP) is 2.56. The van der Waals surface area contributed by atoms with E-state index in [9.17, 15) is 4.39 Å². The molecule has 6 heteroatoms. The van der Waals surface area contributed by atoms with Gasteiger partial charge in [0.2, 0.25) is 0 Å². The van der Waals surface area contributed by atoms with E-state index in [-0.39, 0.29) is 5.82 Å². The first-order chi connectivity index (χ1) is 10.8. The summed E-state index contributed by atoms with van der Waals surface area (Å²) in [7, 11) is 0. The van der Waals surface area contributed by atoms with Crippen molar-refractivity contribution in [3.63, 3.8) is 0 Å². The molecule has 3 aromatic rings. The van der Waals surface area contributed by atoms with Crippen LogP contribution in [0.3, 0.4) is 0 Å². The predicted molar refractivity (Wildman–Crippen MR) is 81.7 cm³/mol. The maximum absolute atomic E-state index is 13.7. The molecule has 1 fully saturated rings. The number of aromatic nitrogens is 4. The van der Waals surface area contributed by atoms with Crippen molar-refractivity contribution in [2.75, 3.05) is 6.54 Å². The van der Waals surface area contributed by atoms with E-state index in [1.54, 1.807) is 12.3 Å². The average Bonchev–Trinajstić information content (AvgIpc) is 3.22. The Labute approximate surface area is 127 Å². The van der Waals surface area contributed by atoms with Crippen LogP contribution >= 0.6 is 0 Å². The molecule has 5 nitrogen and oxygen atoms in total. The van der Waals surface area contributed by atoms with E-state index in [0.29, 0.717) is 11.6 Å². The molecule has 2 aromatic heterocycles. The highest BCUT2D eigenvalue weighted by Crippen LogP contribution is 2.22. The lowest BCUT2D eigenvalue weighted by Gasteiger charge is -2.23. The Kier molecular flexibility index (Phi) is 3.38. The van der Waals surface area contributed by atoms with Gasteiger partial charge in [-0.1, -0.05) is 6.07 Å². The van der Waals surface area contributed by atoms with E-state index in [0.717, 1.165) is 37.4 Å². The maximum atomic E-state index is 13.7. The Balaban J connectivity index is 1.52. The number of likely N-dealkylation sites (tertiary alicyclic amines) is 1. The Hall–Kier alpha value is -2.21. The summed E-state index contributed by atoms with van der Waals surface area (Å²) in [6, 6.07) is 7.42. The minimum atomic E-state index is -0.269. The SMILES string of the molecule is Fc1cccc2[nH]c(CN3CCCC3Cn3cccn3)nc12. The van der Waals surface area contributed by atoms with Crippen LogP contribution in [0.1, 0.15) is 18.7 Å². The zero-order valence-corrected chi connectivity index (χ0v) is 12.2. The molecule has 0 bridgehead atoms.